The predicted molar refractivity (Wildman–Crippen MR) is 97.1 cm³/mol. The van der Waals surface area contributed by atoms with E-state index in [-0.39, 0.29) is 27.6 Å². The number of aliphatic carboxylic acids is 1. The quantitative estimate of drug-likeness (QED) is 0.680. The minimum Gasteiger partial charge on any atom is -0.478 e. The smallest absolute Gasteiger partial charge is 0.417 e. The summed E-state index contributed by atoms with van der Waals surface area (Å²) in [6, 6.07) is 4.11. The Labute approximate surface area is 168 Å². The highest BCUT2D eigenvalue weighted by atomic mass is 35.5. The summed E-state index contributed by atoms with van der Waals surface area (Å²) in [6.45, 7) is 3.11. The van der Waals surface area contributed by atoms with Gasteiger partial charge in [0.25, 0.3) is 0 Å². The maximum Gasteiger partial charge on any atom is 0.417 e. The van der Waals surface area contributed by atoms with E-state index < -0.39 is 35.0 Å². The Balaban J connectivity index is 2.06. The zero-order chi connectivity index (χ0) is 21.6. The molecule has 0 bridgehead atoms. The van der Waals surface area contributed by atoms with Crippen LogP contribution in [0.5, 0.6) is 0 Å². The van der Waals surface area contributed by atoms with Crippen molar-refractivity contribution in [3.63, 3.8) is 0 Å². The Morgan fingerprint density at radius 1 is 1.31 bits per heavy atom. The number of rotatable bonds is 4. The molecule has 10 heteroatoms. The Morgan fingerprint density at radius 2 is 2.00 bits per heavy atom. The second-order valence-corrected chi connectivity index (χ2v) is 7.09. The maximum absolute atomic E-state index is 14.5. The summed E-state index contributed by atoms with van der Waals surface area (Å²) < 4.78 is 52.7. The van der Waals surface area contributed by atoms with Crippen molar-refractivity contribution in [1.82, 2.24) is 4.98 Å². The van der Waals surface area contributed by atoms with Crippen LogP contribution in [0.4, 0.5) is 17.6 Å². The number of alkyl halides is 3. The van der Waals surface area contributed by atoms with Gasteiger partial charge in [-0.05, 0) is 37.6 Å². The third-order valence-electron chi connectivity index (χ3n) is 4.86. The molecule has 0 radical (unpaired) electrons. The largest absolute Gasteiger partial charge is 0.478 e. The summed E-state index contributed by atoms with van der Waals surface area (Å²) in [5.41, 5.74) is -2.28. The van der Waals surface area contributed by atoms with Gasteiger partial charge >= 0.3 is 12.1 Å². The Bertz CT molecular complexity index is 992. The van der Waals surface area contributed by atoms with Crippen molar-refractivity contribution in [2.75, 3.05) is 0 Å². The molecule has 1 aromatic heterocycles. The fourth-order valence-electron chi connectivity index (χ4n) is 3.20. The standard InChI is InChI=1S/C19H15ClF4N2O3/c1-3-12-16(26-29-18(12,2)17(27)28)10-6-11(14(21)7-13(10)20)15-5-4-9(8-25-15)19(22,23)24/h4-8,12H,3H2,1-2H3,(H,27,28). The zero-order valence-corrected chi connectivity index (χ0v) is 16.0. The zero-order valence-electron chi connectivity index (χ0n) is 15.2. The van der Waals surface area contributed by atoms with Gasteiger partial charge in [0.05, 0.1) is 27.9 Å². The van der Waals surface area contributed by atoms with Gasteiger partial charge in [0, 0.05) is 17.3 Å². The van der Waals surface area contributed by atoms with Crippen molar-refractivity contribution in [2.24, 2.45) is 11.1 Å². The first-order chi connectivity index (χ1) is 13.5. The number of carboxylic acid groups (broad SMARTS) is 1. The van der Waals surface area contributed by atoms with E-state index in [4.69, 9.17) is 16.4 Å². The summed E-state index contributed by atoms with van der Waals surface area (Å²) in [5.74, 6) is -2.68. The van der Waals surface area contributed by atoms with Crippen LogP contribution < -0.4 is 0 Å². The first-order valence-electron chi connectivity index (χ1n) is 8.51. The van der Waals surface area contributed by atoms with Crippen molar-refractivity contribution in [1.29, 1.82) is 0 Å². The number of carboxylic acids is 1. The van der Waals surface area contributed by atoms with E-state index in [2.05, 4.69) is 10.1 Å². The molecule has 154 valence electrons. The van der Waals surface area contributed by atoms with Crippen LogP contribution in [0.2, 0.25) is 5.02 Å². The molecule has 0 spiro atoms. The van der Waals surface area contributed by atoms with E-state index in [9.17, 15) is 27.5 Å². The van der Waals surface area contributed by atoms with E-state index >= 15 is 0 Å². The van der Waals surface area contributed by atoms with E-state index in [0.29, 0.717) is 12.6 Å². The molecule has 29 heavy (non-hydrogen) atoms. The number of hydrogen-bond donors (Lipinski definition) is 1. The number of benzene rings is 1. The normalized spacial score (nSPS) is 21.6. The molecule has 1 aromatic carbocycles. The van der Waals surface area contributed by atoms with Gasteiger partial charge in [0.2, 0.25) is 5.60 Å². The van der Waals surface area contributed by atoms with Crippen molar-refractivity contribution in [3.8, 4) is 11.3 Å². The molecule has 2 unspecified atom stereocenters. The van der Waals surface area contributed by atoms with Crippen molar-refractivity contribution >= 4 is 23.3 Å². The molecule has 2 atom stereocenters. The number of aromatic nitrogens is 1. The lowest BCUT2D eigenvalue weighted by Crippen LogP contribution is -2.43. The summed E-state index contributed by atoms with van der Waals surface area (Å²) >= 11 is 6.16. The minimum atomic E-state index is -4.57. The molecule has 2 aromatic rings. The molecule has 0 aliphatic carbocycles. The number of hydrogen-bond acceptors (Lipinski definition) is 4. The highest BCUT2D eigenvalue weighted by Gasteiger charge is 2.51. The number of nitrogens with zero attached hydrogens (tertiary/aromatic N) is 2. The summed E-state index contributed by atoms with van der Waals surface area (Å²) in [5, 5.41) is 13.3. The number of pyridine rings is 1. The van der Waals surface area contributed by atoms with Crippen LogP contribution >= 0.6 is 11.6 Å². The number of carbonyl (C=O) groups is 1. The van der Waals surface area contributed by atoms with Crippen LogP contribution in [0.3, 0.4) is 0 Å². The lowest BCUT2D eigenvalue weighted by atomic mass is 9.81. The summed E-state index contributed by atoms with van der Waals surface area (Å²) in [6.07, 6.45) is -3.61. The van der Waals surface area contributed by atoms with Crippen LogP contribution in [0, 0.1) is 11.7 Å². The van der Waals surface area contributed by atoms with Gasteiger partial charge in [-0.15, -0.1) is 0 Å². The van der Waals surface area contributed by atoms with Crippen molar-refractivity contribution in [2.45, 2.75) is 32.0 Å². The lowest BCUT2D eigenvalue weighted by Gasteiger charge is -2.24. The fraction of sp³-hybridized carbons (Fsp3) is 0.316. The molecule has 0 fully saturated rings. The topological polar surface area (TPSA) is 71.8 Å². The highest BCUT2D eigenvalue weighted by Crippen LogP contribution is 2.39. The van der Waals surface area contributed by atoms with Gasteiger partial charge in [0.15, 0.2) is 0 Å². The van der Waals surface area contributed by atoms with Crippen LogP contribution in [0.25, 0.3) is 11.3 Å². The number of oxime groups is 1. The van der Waals surface area contributed by atoms with E-state index in [1.807, 2.05) is 0 Å². The van der Waals surface area contributed by atoms with E-state index in [0.717, 1.165) is 18.2 Å². The number of halogens is 5. The van der Waals surface area contributed by atoms with Crippen LogP contribution in [-0.2, 0) is 15.8 Å². The third-order valence-corrected chi connectivity index (χ3v) is 5.17. The van der Waals surface area contributed by atoms with Crippen molar-refractivity contribution in [3.05, 3.63) is 52.4 Å². The van der Waals surface area contributed by atoms with Gasteiger partial charge < -0.3 is 9.94 Å². The van der Waals surface area contributed by atoms with E-state index in [1.165, 1.54) is 13.0 Å². The third kappa shape index (κ3) is 3.66. The van der Waals surface area contributed by atoms with Gasteiger partial charge in [-0.1, -0.05) is 23.7 Å². The minimum absolute atomic E-state index is 0.0337. The first kappa shape index (κ1) is 21.0. The molecular weight excluding hydrogens is 416 g/mol. The van der Waals surface area contributed by atoms with Gasteiger partial charge in [-0.3, -0.25) is 4.98 Å². The SMILES string of the molecule is CCC1C(c2cc(-c3ccc(C(F)(F)F)cn3)c(F)cc2Cl)=NOC1(C)C(=O)O. The van der Waals surface area contributed by atoms with Crippen LogP contribution in [0.15, 0.2) is 35.6 Å². The molecule has 0 saturated carbocycles. The Hall–Kier alpha value is -2.68. The molecular formula is C19H15ClF4N2O3. The maximum atomic E-state index is 14.5. The van der Waals surface area contributed by atoms with Gasteiger partial charge in [-0.25, -0.2) is 9.18 Å². The van der Waals surface area contributed by atoms with Crippen LogP contribution in [-0.4, -0.2) is 27.4 Å². The molecule has 2 heterocycles. The average Bonchev–Trinajstić information content (AvgIpc) is 2.99. The van der Waals surface area contributed by atoms with Crippen molar-refractivity contribution < 1.29 is 32.3 Å². The lowest BCUT2D eigenvalue weighted by molar-refractivity contribution is -0.164. The second-order valence-electron chi connectivity index (χ2n) is 6.68. The fourth-order valence-corrected chi connectivity index (χ4v) is 3.45. The average molecular weight is 431 g/mol. The highest BCUT2D eigenvalue weighted by molar-refractivity contribution is 6.34. The molecule has 3 rings (SSSR count). The molecule has 0 amide bonds. The van der Waals surface area contributed by atoms with E-state index in [1.54, 1.807) is 6.92 Å². The molecule has 1 N–H and O–H groups in total. The molecule has 1 aliphatic rings. The molecule has 5 nitrogen and oxygen atoms in total. The summed E-state index contributed by atoms with van der Waals surface area (Å²) in [4.78, 5) is 20.5. The Morgan fingerprint density at radius 3 is 2.52 bits per heavy atom. The Kier molecular flexibility index (Phi) is 5.29. The van der Waals surface area contributed by atoms with Crippen LogP contribution in [0.1, 0.15) is 31.4 Å². The predicted octanol–water partition coefficient (Wildman–Crippen LogP) is 5.16. The van der Waals surface area contributed by atoms with Gasteiger partial charge in [0.1, 0.15) is 5.82 Å². The monoisotopic (exact) mass is 430 g/mol. The second kappa shape index (κ2) is 7.29. The first-order valence-corrected chi connectivity index (χ1v) is 8.89. The van der Waals surface area contributed by atoms with Gasteiger partial charge in [-0.2, -0.15) is 13.2 Å². The molecule has 1 aliphatic heterocycles. The molecule has 0 saturated heterocycles. The summed E-state index contributed by atoms with van der Waals surface area (Å²) in [7, 11) is 0.